The van der Waals surface area contributed by atoms with Gasteiger partial charge >= 0.3 is 0 Å². The van der Waals surface area contributed by atoms with Crippen LogP contribution in [-0.4, -0.2) is 20.9 Å². The molecule has 0 unspecified atom stereocenters. The van der Waals surface area contributed by atoms with Crippen LogP contribution in [0, 0.1) is 0 Å². The van der Waals surface area contributed by atoms with Gasteiger partial charge in [-0.1, -0.05) is 81.4 Å². The van der Waals surface area contributed by atoms with Crippen molar-refractivity contribution in [3.05, 3.63) is 102 Å². The van der Waals surface area contributed by atoms with Gasteiger partial charge in [0.2, 0.25) is 10.0 Å². The second kappa shape index (κ2) is 10.1. The number of sulfonamides is 1. The van der Waals surface area contributed by atoms with E-state index < -0.39 is 16.1 Å². The second-order valence-electron chi connectivity index (χ2n) is 8.55. The Morgan fingerprint density at radius 1 is 0.844 bits per heavy atom. The molecular weight excluding hydrogens is 422 g/mol. The van der Waals surface area contributed by atoms with Crippen LogP contribution in [0.1, 0.15) is 48.3 Å². The van der Waals surface area contributed by atoms with Crippen molar-refractivity contribution in [1.29, 1.82) is 0 Å². The fourth-order valence-electron chi connectivity index (χ4n) is 3.16. The van der Waals surface area contributed by atoms with Gasteiger partial charge in [-0.3, -0.25) is 10.2 Å². The van der Waals surface area contributed by atoms with Crippen LogP contribution in [-0.2, 0) is 15.4 Å². The highest BCUT2D eigenvalue weighted by atomic mass is 32.2. The molecule has 0 spiro atoms. The van der Waals surface area contributed by atoms with E-state index in [4.69, 9.17) is 0 Å². The van der Waals surface area contributed by atoms with E-state index in [9.17, 15) is 13.2 Å². The minimum absolute atomic E-state index is 0.00156. The van der Waals surface area contributed by atoms with Crippen molar-refractivity contribution in [2.75, 3.05) is 6.54 Å². The molecule has 1 atom stereocenters. The van der Waals surface area contributed by atoms with Crippen LogP contribution < -0.4 is 15.6 Å². The Hall–Kier alpha value is -3.00. The summed E-state index contributed by atoms with van der Waals surface area (Å²) < 4.78 is 27.8. The lowest BCUT2D eigenvalue weighted by Crippen LogP contribution is -2.44. The van der Waals surface area contributed by atoms with Gasteiger partial charge in [-0.25, -0.2) is 18.6 Å². The lowest BCUT2D eigenvalue weighted by atomic mass is 9.87. The number of hydrogen-bond donors (Lipinski definition) is 3. The summed E-state index contributed by atoms with van der Waals surface area (Å²) in [7, 11) is -3.68. The summed E-state index contributed by atoms with van der Waals surface area (Å²) in [5.74, 6) is -0.294. The van der Waals surface area contributed by atoms with E-state index in [1.165, 1.54) is 12.1 Å². The minimum Gasteiger partial charge on any atom is -0.287 e. The van der Waals surface area contributed by atoms with Crippen molar-refractivity contribution >= 4 is 15.9 Å². The van der Waals surface area contributed by atoms with E-state index in [1.54, 1.807) is 30.3 Å². The molecule has 3 N–H and O–H groups in total. The molecule has 0 saturated carbocycles. The maximum atomic E-state index is 12.7. The number of nitrogens with one attached hydrogen (secondary N) is 3. The van der Waals surface area contributed by atoms with Crippen molar-refractivity contribution in [2.24, 2.45) is 0 Å². The monoisotopic (exact) mass is 451 g/mol. The van der Waals surface area contributed by atoms with Gasteiger partial charge in [-0.2, -0.15) is 0 Å². The van der Waals surface area contributed by atoms with Gasteiger partial charge in [-0.15, -0.1) is 0 Å². The van der Waals surface area contributed by atoms with Crippen molar-refractivity contribution < 1.29 is 13.2 Å². The summed E-state index contributed by atoms with van der Waals surface area (Å²) in [5.41, 5.74) is 8.18. The van der Waals surface area contributed by atoms with Crippen molar-refractivity contribution in [3.63, 3.8) is 0 Å². The predicted molar refractivity (Wildman–Crippen MR) is 127 cm³/mol. The third kappa shape index (κ3) is 6.26. The van der Waals surface area contributed by atoms with Crippen LogP contribution in [0.4, 0.5) is 0 Å². The van der Waals surface area contributed by atoms with Crippen LogP contribution in [0.5, 0.6) is 0 Å². The van der Waals surface area contributed by atoms with E-state index >= 15 is 0 Å². The van der Waals surface area contributed by atoms with Gasteiger partial charge in [0.25, 0.3) is 5.91 Å². The molecule has 0 aliphatic rings. The topological polar surface area (TPSA) is 87.3 Å². The molecule has 3 aromatic carbocycles. The summed E-state index contributed by atoms with van der Waals surface area (Å²) in [6.07, 6.45) is 0. The molecule has 168 valence electrons. The average molecular weight is 452 g/mol. The maximum Gasteiger partial charge on any atom is 0.265 e. The highest BCUT2D eigenvalue weighted by Gasteiger charge is 2.19. The molecule has 0 radical (unpaired) electrons. The number of carbonyl (C=O) groups is 1. The largest absolute Gasteiger partial charge is 0.287 e. The standard InChI is InChI=1S/C25H29N3O3S/c1-25(2,3)21-16-14-20(15-17-21)24(29)28-27-23(19-10-6-4-7-11-19)18-26-32(30,31)22-12-8-5-9-13-22/h4-17,23,26-27H,18H2,1-3H3,(H,28,29)/t23-/m1/s1. The van der Waals surface area contributed by atoms with Crippen LogP contribution in [0.2, 0.25) is 0 Å². The van der Waals surface area contributed by atoms with Crippen molar-refractivity contribution in [1.82, 2.24) is 15.6 Å². The van der Waals surface area contributed by atoms with E-state index in [1.807, 2.05) is 42.5 Å². The molecular formula is C25H29N3O3S. The highest BCUT2D eigenvalue weighted by Crippen LogP contribution is 2.22. The zero-order valence-electron chi connectivity index (χ0n) is 18.5. The Bertz CT molecular complexity index is 1120. The fourth-order valence-corrected chi connectivity index (χ4v) is 4.23. The Labute approximate surface area is 190 Å². The number of amides is 1. The predicted octanol–water partition coefficient (Wildman–Crippen LogP) is 3.94. The molecule has 3 aromatic rings. The maximum absolute atomic E-state index is 12.7. The smallest absolute Gasteiger partial charge is 0.265 e. The van der Waals surface area contributed by atoms with Crippen LogP contribution in [0.15, 0.2) is 89.8 Å². The molecule has 1 amide bonds. The summed E-state index contributed by atoms with van der Waals surface area (Å²) in [6, 6.07) is 24.5. The molecule has 6 nitrogen and oxygen atoms in total. The number of rotatable bonds is 8. The van der Waals surface area contributed by atoms with Crippen LogP contribution >= 0.6 is 0 Å². The molecule has 32 heavy (non-hydrogen) atoms. The summed E-state index contributed by atoms with van der Waals surface area (Å²) in [5, 5.41) is 0. The number of hydrazine groups is 1. The third-order valence-corrected chi connectivity index (χ3v) is 6.55. The Kier molecular flexibility index (Phi) is 7.45. The summed E-state index contributed by atoms with van der Waals surface area (Å²) >= 11 is 0. The van der Waals surface area contributed by atoms with Gasteiger partial charge in [0.05, 0.1) is 10.9 Å². The number of benzene rings is 3. The Morgan fingerprint density at radius 3 is 1.97 bits per heavy atom. The molecule has 0 aliphatic heterocycles. The quantitative estimate of drug-likeness (QED) is 0.453. The second-order valence-corrected chi connectivity index (χ2v) is 10.3. The first-order valence-electron chi connectivity index (χ1n) is 10.4. The van der Waals surface area contributed by atoms with Gasteiger partial charge < -0.3 is 0 Å². The lowest BCUT2D eigenvalue weighted by Gasteiger charge is -2.21. The summed E-state index contributed by atoms with van der Waals surface area (Å²) in [4.78, 5) is 12.8. The lowest BCUT2D eigenvalue weighted by molar-refractivity contribution is 0.0925. The normalized spacial score (nSPS) is 12.8. The number of hydrogen-bond acceptors (Lipinski definition) is 4. The van der Waals surface area contributed by atoms with Crippen molar-refractivity contribution in [2.45, 2.75) is 37.1 Å². The van der Waals surface area contributed by atoms with E-state index in [0.29, 0.717) is 5.56 Å². The SMILES string of the molecule is CC(C)(C)c1ccc(C(=O)NN[C@H](CNS(=O)(=O)c2ccccc2)c2ccccc2)cc1. The average Bonchev–Trinajstić information content (AvgIpc) is 2.79. The first kappa shape index (κ1) is 23.7. The van der Waals surface area contributed by atoms with E-state index in [2.05, 4.69) is 36.3 Å². The van der Waals surface area contributed by atoms with Gasteiger partial charge in [0.1, 0.15) is 0 Å². The molecule has 0 bridgehead atoms. The molecule has 0 aromatic heterocycles. The Balaban J connectivity index is 1.69. The highest BCUT2D eigenvalue weighted by molar-refractivity contribution is 7.89. The fraction of sp³-hybridized carbons (Fsp3) is 0.240. The minimum atomic E-state index is -3.68. The molecule has 0 saturated heterocycles. The first-order chi connectivity index (χ1) is 15.2. The van der Waals surface area contributed by atoms with Crippen LogP contribution in [0.3, 0.4) is 0 Å². The number of carbonyl (C=O) groups excluding carboxylic acids is 1. The summed E-state index contributed by atoms with van der Waals surface area (Å²) in [6.45, 7) is 6.41. The van der Waals surface area contributed by atoms with E-state index in [0.717, 1.165) is 11.1 Å². The van der Waals surface area contributed by atoms with Crippen molar-refractivity contribution in [3.8, 4) is 0 Å². The van der Waals surface area contributed by atoms with Crippen LogP contribution in [0.25, 0.3) is 0 Å². The van der Waals surface area contributed by atoms with E-state index in [-0.39, 0.29) is 22.8 Å². The van der Waals surface area contributed by atoms with Gasteiger partial charge in [0.15, 0.2) is 0 Å². The molecule has 7 heteroatoms. The first-order valence-corrected chi connectivity index (χ1v) is 11.9. The van der Waals surface area contributed by atoms with Gasteiger partial charge in [0, 0.05) is 12.1 Å². The molecule has 0 heterocycles. The molecule has 0 fully saturated rings. The Morgan fingerprint density at radius 2 is 1.41 bits per heavy atom. The zero-order chi connectivity index (χ0) is 23.2. The molecule has 0 aliphatic carbocycles. The van der Waals surface area contributed by atoms with Gasteiger partial charge in [-0.05, 0) is 40.8 Å². The zero-order valence-corrected chi connectivity index (χ0v) is 19.3. The molecule has 3 rings (SSSR count). The third-order valence-electron chi connectivity index (χ3n) is 5.11.